The molecule has 0 aliphatic heterocycles. The van der Waals surface area contributed by atoms with E-state index in [0.29, 0.717) is 6.07 Å². The van der Waals surface area contributed by atoms with Crippen LogP contribution in [0.2, 0.25) is 0 Å². The van der Waals surface area contributed by atoms with E-state index >= 15 is 0 Å². The van der Waals surface area contributed by atoms with Crippen LogP contribution < -0.4 is 9.46 Å². The van der Waals surface area contributed by atoms with Gasteiger partial charge in [0.1, 0.15) is 23.0 Å². The van der Waals surface area contributed by atoms with Crippen molar-refractivity contribution in [2.45, 2.75) is 43.9 Å². The summed E-state index contributed by atoms with van der Waals surface area (Å²) in [6.45, 7) is 4.65. The molecule has 2 aromatic rings. The predicted octanol–water partition coefficient (Wildman–Crippen LogP) is 4.55. The zero-order chi connectivity index (χ0) is 23.6. The summed E-state index contributed by atoms with van der Waals surface area (Å²) in [5, 5.41) is 9.05. The molecule has 1 aromatic carbocycles. The van der Waals surface area contributed by atoms with Crippen LogP contribution >= 0.6 is 0 Å². The number of carboxylic acids is 1. The van der Waals surface area contributed by atoms with Crippen molar-refractivity contribution in [3.8, 4) is 11.5 Å². The molecule has 31 heavy (non-hydrogen) atoms. The van der Waals surface area contributed by atoms with Crippen LogP contribution in [0.4, 0.5) is 22.0 Å². The van der Waals surface area contributed by atoms with Gasteiger partial charge in [0.25, 0.3) is 0 Å². The third-order valence-electron chi connectivity index (χ3n) is 3.88. The molecule has 1 aromatic heterocycles. The molecule has 2 rings (SSSR count). The highest BCUT2D eigenvalue weighted by Crippen LogP contribution is 2.32. The van der Waals surface area contributed by atoms with Crippen LogP contribution in [0, 0.1) is 5.82 Å². The molecule has 0 radical (unpaired) electrons. The third kappa shape index (κ3) is 6.44. The number of alkyl halides is 4. The molecular weight excluding hydrogens is 447 g/mol. The Kier molecular flexibility index (Phi) is 7.37. The van der Waals surface area contributed by atoms with E-state index in [4.69, 9.17) is 9.84 Å². The van der Waals surface area contributed by atoms with Crippen molar-refractivity contribution in [3.63, 3.8) is 0 Å². The number of aromatic nitrogens is 1. The molecule has 3 atom stereocenters. The van der Waals surface area contributed by atoms with Crippen LogP contribution in [0.15, 0.2) is 36.5 Å². The lowest BCUT2D eigenvalue weighted by Gasteiger charge is -2.26. The average molecular weight is 466 g/mol. The number of nitrogens with one attached hydrogen (secondary N) is 1. The Morgan fingerprint density at radius 2 is 1.77 bits per heavy atom. The van der Waals surface area contributed by atoms with Gasteiger partial charge in [0.2, 0.25) is 6.17 Å². The fourth-order valence-corrected chi connectivity index (χ4v) is 3.11. The van der Waals surface area contributed by atoms with Crippen LogP contribution in [0.5, 0.6) is 11.5 Å². The van der Waals surface area contributed by atoms with Gasteiger partial charge in [-0.05, 0) is 51.1 Å². The molecule has 6 nitrogen and oxygen atoms in total. The van der Waals surface area contributed by atoms with Crippen molar-refractivity contribution in [2.75, 3.05) is 0 Å². The monoisotopic (exact) mass is 466 g/mol. The van der Waals surface area contributed by atoms with Crippen molar-refractivity contribution < 1.29 is 40.8 Å². The lowest BCUT2D eigenvalue weighted by molar-refractivity contribution is -0.144. The normalized spacial score (nSPS) is 15.2. The standard InChI is InChI=1S/C19H19F5N2O4S/c1-18(2,3)31(29)26-16(15(21)17(27)28)12-8-10(4-6-13(12)20)30-11-5-7-14(25-9-11)19(22,23)24/h4-9,15-16,26H,1-3H3,(H,27,28)/t15-,16+,31-/m1/s1. The molecule has 0 aliphatic rings. The zero-order valence-corrected chi connectivity index (χ0v) is 17.4. The predicted molar refractivity (Wildman–Crippen MR) is 102 cm³/mol. The van der Waals surface area contributed by atoms with E-state index in [-0.39, 0.29) is 11.5 Å². The van der Waals surface area contributed by atoms with Crippen molar-refractivity contribution in [1.82, 2.24) is 9.71 Å². The summed E-state index contributed by atoms with van der Waals surface area (Å²) in [4.78, 5) is 14.4. The van der Waals surface area contributed by atoms with E-state index < -0.39 is 57.2 Å². The second-order valence-corrected chi connectivity index (χ2v) is 9.38. The van der Waals surface area contributed by atoms with E-state index in [2.05, 4.69) is 9.71 Å². The number of benzene rings is 1. The number of hydrogen-bond donors (Lipinski definition) is 2. The van der Waals surface area contributed by atoms with Gasteiger partial charge in [0.15, 0.2) is 0 Å². The van der Waals surface area contributed by atoms with Gasteiger partial charge in [-0.15, -0.1) is 0 Å². The third-order valence-corrected chi connectivity index (χ3v) is 5.46. The molecular formula is C19H19F5N2O4S. The van der Waals surface area contributed by atoms with Crippen molar-refractivity contribution in [3.05, 3.63) is 53.6 Å². The van der Waals surface area contributed by atoms with E-state index in [0.717, 1.165) is 30.5 Å². The lowest BCUT2D eigenvalue weighted by atomic mass is 10.0. The number of rotatable bonds is 7. The topological polar surface area (TPSA) is 88.5 Å². The minimum absolute atomic E-state index is 0.121. The first-order chi connectivity index (χ1) is 14.2. The van der Waals surface area contributed by atoms with Crippen LogP contribution in [0.1, 0.15) is 38.1 Å². The first kappa shape index (κ1) is 24.7. The summed E-state index contributed by atoms with van der Waals surface area (Å²) in [5.74, 6) is -3.14. The minimum atomic E-state index is -4.64. The molecule has 0 spiro atoms. The molecule has 1 heterocycles. The van der Waals surface area contributed by atoms with E-state index in [1.165, 1.54) is 0 Å². The first-order valence-electron chi connectivity index (χ1n) is 8.75. The van der Waals surface area contributed by atoms with Gasteiger partial charge in [-0.3, -0.25) is 0 Å². The van der Waals surface area contributed by atoms with Gasteiger partial charge >= 0.3 is 12.1 Å². The number of nitrogens with zero attached hydrogens (tertiary/aromatic N) is 1. The van der Waals surface area contributed by atoms with Crippen LogP contribution in [-0.2, 0) is 22.0 Å². The second-order valence-electron chi connectivity index (χ2n) is 7.38. The van der Waals surface area contributed by atoms with Crippen LogP contribution in [-0.4, -0.2) is 31.2 Å². The van der Waals surface area contributed by atoms with Gasteiger partial charge in [0, 0.05) is 5.56 Å². The summed E-state index contributed by atoms with van der Waals surface area (Å²) in [6.07, 6.45) is -6.49. The SMILES string of the molecule is CC(C)(C)[S@@](=O)N[C@@H](c1cc(Oc2ccc(C(F)(F)F)nc2)ccc1F)[C@@H](F)C(=O)O. The molecule has 170 valence electrons. The maximum Gasteiger partial charge on any atom is 0.433 e. The van der Waals surface area contributed by atoms with Crippen molar-refractivity contribution in [2.24, 2.45) is 0 Å². The Bertz CT molecular complexity index is 961. The summed E-state index contributed by atoms with van der Waals surface area (Å²) in [6, 6.07) is 2.79. The summed E-state index contributed by atoms with van der Waals surface area (Å²) >= 11 is 0. The number of pyridine rings is 1. The van der Waals surface area contributed by atoms with Crippen LogP contribution in [0.25, 0.3) is 0 Å². The molecule has 0 unspecified atom stereocenters. The number of ether oxygens (including phenoxy) is 1. The highest BCUT2D eigenvalue weighted by atomic mass is 32.2. The number of carbonyl (C=O) groups is 1. The number of carboxylic acid groups (broad SMARTS) is 1. The Hall–Kier alpha value is -2.60. The summed E-state index contributed by atoms with van der Waals surface area (Å²) in [5.41, 5.74) is -1.62. The minimum Gasteiger partial charge on any atom is -0.479 e. The molecule has 0 fully saturated rings. The lowest BCUT2D eigenvalue weighted by Crippen LogP contribution is -2.41. The summed E-state index contributed by atoms with van der Waals surface area (Å²) in [7, 11) is -1.95. The molecule has 0 saturated heterocycles. The molecule has 2 N–H and O–H groups in total. The van der Waals surface area contributed by atoms with Gasteiger partial charge in [-0.2, -0.15) is 13.2 Å². The Morgan fingerprint density at radius 1 is 1.16 bits per heavy atom. The largest absolute Gasteiger partial charge is 0.479 e. The Balaban J connectivity index is 2.37. The Labute approximate surface area is 177 Å². The van der Waals surface area contributed by atoms with Crippen molar-refractivity contribution in [1.29, 1.82) is 0 Å². The van der Waals surface area contributed by atoms with E-state index in [1.54, 1.807) is 20.8 Å². The summed E-state index contributed by atoms with van der Waals surface area (Å²) < 4.78 is 85.7. The smallest absolute Gasteiger partial charge is 0.433 e. The van der Waals surface area contributed by atoms with Crippen LogP contribution in [0.3, 0.4) is 0 Å². The highest BCUT2D eigenvalue weighted by Gasteiger charge is 2.35. The number of halogens is 5. The quantitative estimate of drug-likeness (QED) is 0.585. The molecule has 12 heteroatoms. The van der Waals surface area contributed by atoms with E-state index in [9.17, 15) is 31.0 Å². The van der Waals surface area contributed by atoms with Gasteiger partial charge < -0.3 is 9.84 Å². The highest BCUT2D eigenvalue weighted by molar-refractivity contribution is 7.84. The fourth-order valence-electron chi connectivity index (χ4n) is 2.28. The zero-order valence-electron chi connectivity index (χ0n) is 16.5. The van der Waals surface area contributed by atoms with E-state index in [1.807, 2.05) is 0 Å². The second kappa shape index (κ2) is 9.27. The van der Waals surface area contributed by atoms with Gasteiger partial charge in [-0.25, -0.2) is 27.5 Å². The van der Waals surface area contributed by atoms with Gasteiger partial charge in [0.05, 0.1) is 28.0 Å². The average Bonchev–Trinajstić information content (AvgIpc) is 2.66. The maximum absolute atomic E-state index is 14.4. The number of hydrogen-bond acceptors (Lipinski definition) is 4. The van der Waals surface area contributed by atoms with Crippen molar-refractivity contribution >= 4 is 17.0 Å². The fraction of sp³-hybridized carbons (Fsp3) is 0.368. The first-order valence-corrected chi connectivity index (χ1v) is 9.90. The Morgan fingerprint density at radius 3 is 2.26 bits per heavy atom. The molecule has 0 amide bonds. The van der Waals surface area contributed by atoms with Gasteiger partial charge in [-0.1, -0.05) is 0 Å². The molecule has 0 bridgehead atoms. The molecule has 0 saturated carbocycles. The maximum atomic E-state index is 14.4. The number of aliphatic carboxylic acids is 1. The molecule has 0 aliphatic carbocycles.